The van der Waals surface area contributed by atoms with Crippen LogP contribution in [0.4, 0.5) is 0 Å². The Morgan fingerprint density at radius 3 is 2.17 bits per heavy atom. The van der Waals surface area contributed by atoms with Crippen molar-refractivity contribution in [1.29, 1.82) is 0 Å². The summed E-state index contributed by atoms with van der Waals surface area (Å²) in [6.45, 7) is 7.14. The molecule has 0 bridgehead atoms. The van der Waals surface area contributed by atoms with E-state index in [-0.39, 0.29) is 18.4 Å². The number of likely N-dealkylation sites (N-methyl/N-ethyl adjacent to an activating group) is 2. The van der Waals surface area contributed by atoms with Gasteiger partial charge in [-0.05, 0) is 57.2 Å². The number of hydrogen-bond acceptors (Lipinski definition) is 5. The molecule has 0 unspecified atom stereocenters. The summed E-state index contributed by atoms with van der Waals surface area (Å²) < 4.78 is 5.79. The maximum absolute atomic E-state index is 12.7. The van der Waals surface area contributed by atoms with Crippen molar-refractivity contribution in [3.63, 3.8) is 0 Å². The van der Waals surface area contributed by atoms with Crippen LogP contribution in [0.1, 0.15) is 29.8 Å². The van der Waals surface area contributed by atoms with E-state index in [2.05, 4.69) is 10.2 Å². The number of benzene rings is 2. The molecule has 2 amide bonds. The minimum atomic E-state index is -0.215. The third kappa shape index (κ3) is 4.74. The molecule has 30 heavy (non-hydrogen) atoms. The Labute approximate surface area is 176 Å². The standard InChI is InChI=1S/C23H26N4O3/c1-5-27(6-2)20(28)15-26(4)23(29)18-12-10-17(11-13-18)21-24-25-22(30-21)19-9-7-8-16(3)14-19/h7-14H,5-6,15H2,1-4H3. The van der Waals surface area contributed by atoms with Crippen LogP contribution in [0.2, 0.25) is 0 Å². The molecule has 0 N–H and O–H groups in total. The van der Waals surface area contributed by atoms with Gasteiger partial charge in [-0.1, -0.05) is 17.7 Å². The lowest BCUT2D eigenvalue weighted by molar-refractivity contribution is -0.131. The zero-order valence-electron chi connectivity index (χ0n) is 17.8. The molecular weight excluding hydrogens is 380 g/mol. The fourth-order valence-electron chi connectivity index (χ4n) is 3.16. The van der Waals surface area contributed by atoms with Crippen molar-refractivity contribution in [3.8, 4) is 22.9 Å². The van der Waals surface area contributed by atoms with Crippen LogP contribution in [0.3, 0.4) is 0 Å². The predicted octanol–water partition coefficient (Wildman–Crippen LogP) is 3.65. The van der Waals surface area contributed by atoms with Crippen molar-refractivity contribution in [2.24, 2.45) is 0 Å². The van der Waals surface area contributed by atoms with Crippen LogP contribution >= 0.6 is 0 Å². The van der Waals surface area contributed by atoms with Crippen molar-refractivity contribution in [3.05, 3.63) is 59.7 Å². The number of nitrogens with zero attached hydrogens (tertiary/aromatic N) is 4. The molecule has 0 aliphatic heterocycles. The summed E-state index contributed by atoms with van der Waals surface area (Å²) >= 11 is 0. The molecule has 0 fully saturated rings. The second-order valence-corrected chi connectivity index (χ2v) is 7.09. The number of carbonyl (C=O) groups excluding carboxylic acids is 2. The van der Waals surface area contributed by atoms with Crippen molar-refractivity contribution in [2.75, 3.05) is 26.7 Å². The van der Waals surface area contributed by atoms with E-state index in [1.54, 1.807) is 36.2 Å². The summed E-state index contributed by atoms with van der Waals surface area (Å²) in [5.74, 6) is 0.550. The number of rotatable bonds is 7. The van der Waals surface area contributed by atoms with Crippen molar-refractivity contribution >= 4 is 11.8 Å². The largest absolute Gasteiger partial charge is 0.416 e. The van der Waals surface area contributed by atoms with Gasteiger partial charge in [-0.15, -0.1) is 10.2 Å². The first-order valence-electron chi connectivity index (χ1n) is 9.97. The average molecular weight is 406 g/mol. The highest BCUT2D eigenvalue weighted by Gasteiger charge is 2.18. The summed E-state index contributed by atoms with van der Waals surface area (Å²) in [5.41, 5.74) is 3.19. The monoisotopic (exact) mass is 406 g/mol. The van der Waals surface area contributed by atoms with E-state index in [4.69, 9.17) is 4.42 Å². The first-order chi connectivity index (χ1) is 14.4. The van der Waals surface area contributed by atoms with E-state index in [0.717, 1.165) is 16.7 Å². The molecule has 3 aromatic rings. The van der Waals surface area contributed by atoms with Crippen LogP contribution in [0, 0.1) is 6.92 Å². The number of carbonyl (C=O) groups is 2. The van der Waals surface area contributed by atoms with E-state index in [1.165, 1.54) is 4.90 Å². The summed E-state index contributed by atoms with van der Waals surface area (Å²) in [6, 6.07) is 14.8. The van der Waals surface area contributed by atoms with Crippen LogP contribution in [0.25, 0.3) is 22.9 Å². The minimum absolute atomic E-state index is 0.0474. The van der Waals surface area contributed by atoms with E-state index in [1.807, 2.05) is 45.0 Å². The van der Waals surface area contributed by atoms with Crippen LogP contribution in [0.15, 0.2) is 52.9 Å². The first kappa shape index (κ1) is 21.2. The van der Waals surface area contributed by atoms with Gasteiger partial charge in [0.15, 0.2) is 0 Å². The van der Waals surface area contributed by atoms with Crippen molar-refractivity contribution in [1.82, 2.24) is 20.0 Å². The lowest BCUT2D eigenvalue weighted by atomic mass is 10.1. The molecule has 0 saturated carbocycles. The highest BCUT2D eigenvalue weighted by atomic mass is 16.4. The molecule has 0 radical (unpaired) electrons. The highest BCUT2D eigenvalue weighted by molar-refractivity contribution is 5.96. The lowest BCUT2D eigenvalue weighted by Crippen LogP contribution is -2.41. The van der Waals surface area contributed by atoms with Crippen LogP contribution < -0.4 is 0 Å². The van der Waals surface area contributed by atoms with E-state index in [9.17, 15) is 9.59 Å². The van der Waals surface area contributed by atoms with Crippen molar-refractivity contribution in [2.45, 2.75) is 20.8 Å². The SMILES string of the molecule is CCN(CC)C(=O)CN(C)C(=O)c1ccc(-c2nnc(-c3cccc(C)c3)o2)cc1. The fourth-order valence-corrected chi connectivity index (χ4v) is 3.16. The van der Waals surface area contributed by atoms with Gasteiger partial charge >= 0.3 is 0 Å². The van der Waals surface area contributed by atoms with Crippen molar-refractivity contribution < 1.29 is 14.0 Å². The number of aryl methyl sites for hydroxylation is 1. The van der Waals surface area contributed by atoms with Gasteiger partial charge in [-0.2, -0.15) is 0 Å². The van der Waals surface area contributed by atoms with Gasteiger partial charge in [0.1, 0.15) is 0 Å². The molecule has 0 atom stereocenters. The summed E-state index contributed by atoms with van der Waals surface area (Å²) in [6.07, 6.45) is 0. The molecule has 2 aromatic carbocycles. The van der Waals surface area contributed by atoms with Gasteiger partial charge in [0.05, 0.1) is 6.54 Å². The Morgan fingerprint density at radius 2 is 1.57 bits per heavy atom. The average Bonchev–Trinajstić information content (AvgIpc) is 3.24. The molecule has 1 aromatic heterocycles. The Balaban J connectivity index is 1.70. The molecule has 0 spiro atoms. The van der Waals surface area contributed by atoms with Crippen LogP contribution in [-0.2, 0) is 4.79 Å². The number of hydrogen-bond donors (Lipinski definition) is 0. The van der Waals surface area contributed by atoms with Gasteiger partial charge in [0.25, 0.3) is 5.91 Å². The topological polar surface area (TPSA) is 79.5 Å². The Hall–Kier alpha value is -3.48. The van der Waals surface area contributed by atoms with Crippen LogP contribution in [0.5, 0.6) is 0 Å². The Morgan fingerprint density at radius 1 is 0.933 bits per heavy atom. The number of amides is 2. The summed E-state index contributed by atoms with van der Waals surface area (Å²) in [7, 11) is 1.63. The van der Waals surface area contributed by atoms with E-state index >= 15 is 0 Å². The molecule has 156 valence electrons. The van der Waals surface area contributed by atoms with Gasteiger partial charge in [0.2, 0.25) is 17.7 Å². The molecule has 0 aliphatic rings. The highest BCUT2D eigenvalue weighted by Crippen LogP contribution is 2.24. The predicted molar refractivity (Wildman–Crippen MR) is 115 cm³/mol. The van der Waals surface area contributed by atoms with E-state index in [0.29, 0.717) is 30.4 Å². The summed E-state index contributed by atoms with van der Waals surface area (Å²) in [5, 5.41) is 8.24. The van der Waals surface area contributed by atoms with Crippen LogP contribution in [-0.4, -0.2) is 58.5 Å². The third-order valence-electron chi connectivity index (χ3n) is 4.90. The quantitative estimate of drug-likeness (QED) is 0.598. The van der Waals surface area contributed by atoms with Gasteiger partial charge < -0.3 is 14.2 Å². The molecule has 7 nitrogen and oxygen atoms in total. The zero-order chi connectivity index (χ0) is 21.7. The molecule has 0 saturated heterocycles. The molecular formula is C23H26N4O3. The van der Waals surface area contributed by atoms with E-state index < -0.39 is 0 Å². The van der Waals surface area contributed by atoms with Gasteiger partial charge in [-0.3, -0.25) is 9.59 Å². The summed E-state index contributed by atoms with van der Waals surface area (Å²) in [4.78, 5) is 28.0. The molecule has 1 heterocycles. The fraction of sp³-hybridized carbons (Fsp3) is 0.304. The second-order valence-electron chi connectivity index (χ2n) is 7.09. The zero-order valence-corrected chi connectivity index (χ0v) is 17.8. The maximum atomic E-state index is 12.7. The third-order valence-corrected chi connectivity index (χ3v) is 4.90. The number of aromatic nitrogens is 2. The van der Waals surface area contributed by atoms with Gasteiger partial charge in [0, 0.05) is 36.8 Å². The molecule has 0 aliphatic carbocycles. The Kier molecular flexibility index (Phi) is 6.61. The Bertz CT molecular complexity index is 1020. The first-order valence-corrected chi connectivity index (χ1v) is 9.97. The maximum Gasteiger partial charge on any atom is 0.254 e. The molecule has 3 rings (SSSR count). The molecule has 7 heteroatoms. The normalized spacial score (nSPS) is 10.7. The minimum Gasteiger partial charge on any atom is -0.416 e. The smallest absolute Gasteiger partial charge is 0.254 e. The van der Waals surface area contributed by atoms with Gasteiger partial charge in [-0.25, -0.2) is 0 Å². The lowest BCUT2D eigenvalue weighted by Gasteiger charge is -2.23. The second kappa shape index (κ2) is 9.35.